The van der Waals surface area contributed by atoms with E-state index in [0.717, 1.165) is 52.7 Å². The minimum Gasteiger partial charge on any atom is -0.345 e. The topological polar surface area (TPSA) is 44.7 Å². The van der Waals surface area contributed by atoms with Gasteiger partial charge < -0.3 is 5.32 Å². The Balaban J connectivity index is 1.30. The molecule has 1 heterocycles. The Morgan fingerprint density at radius 3 is 2.24 bits per heavy atom. The number of carbonyl (C=O) groups is 1. The molecule has 1 amide bonds. The lowest BCUT2D eigenvalue weighted by Gasteiger charge is -2.56. The van der Waals surface area contributed by atoms with Crippen molar-refractivity contribution >= 4 is 56.4 Å². The van der Waals surface area contributed by atoms with Crippen LogP contribution in [-0.2, 0) is 4.79 Å². The maximum absolute atomic E-state index is 13.5. The highest BCUT2D eigenvalue weighted by atomic mass is 79.9. The summed E-state index contributed by atoms with van der Waals surface area (Å²) in [4.78, 5) is 13.5. The molecule has 4 fully saturated rings. The van der Waals surface area contributed by atoms with Crippen molar-refractivity contribution in [1.82, 2.24) is 5.32 Å². The number of anilines is 1. The van der Waals surface area contributed by atoms with E-state index in [1.165, 1.54) is 19.3 Å². The van der Waals surface area contributed by atoms with Crippen molar-refractivity contribution in [2.24, 2.45) is 22.9 Å². The maximum atomic E-state index is 13.5. The molecule has 0 saturated heterocycles. The maximum Gasteiger partial charge on any atom is 0.268 e. The molecule has 172 valence electrons. The number of carbonyl (C=O) groups excluding carboxylic acids is 1. The second-order valence-corrected chi connectivity index (χ2v) is 12.2. The van der Waals surface area contributed by atoms with Gasteiger partial charge in [-0.15, -0.1) is 0 Å². The van der Waals surface area contributed by atoms with E-state index in [0.29, 0.717) is 22.2 Å². The quantitative estimate of drug-likeness (QED) is 0.442. The number of amides is 1. The van der Waals surface area contributed by atoms with E-state index >= 15 is 0 Å². The van der Waals surface area contributed by atoms with Gasteiger partial charge in [-0.1, -0.05) is 51.3 Å². The first-order chi connectivity index (χ1) is 15.9. The molecule has 2 aromatic carbocycles. The van der Waals surface area contributed by atoms with Crippen molar-refractivity contribution in [1.29, 1.82) is 0 Å². The molecule has 7 rings (SSSR count). The van der Waals surface area contributed by atoms with Crippen molar-refractivity contribution in [2.45, 2.75) is 56.5 Å². The van der Waals surface area contributed by atoms with Gasteiger partial charge in [0.2, 0.25) is 0 Å². The number of rotatable bonds is 4. The van der Waals surface area contributed by atoms with Gasteiger partial charge in [-0.05, 0) is 92.2 Å². The molecule has 5 aliphatic rings. The van der Waals surface area contributed by atoms with E-state index in [2.05, 4.69) is 33.4 Å². The van der Waals surface area contributed by atoms with Gasteiger partial charge in [0.1, 0.15) is 5.71 Å². The first kappa shape index (κ1) is 21.9. The smallest absolute Gasteiger partial charge is 0.268 e. The summed E-state index contributed by atoms with van der Waals surface area (Å²) >= 11 is 16.2. The molecule has 7 heteroatoms. The molecule has 4 bridgehead atoms. The Kier molecular flexibility index (Phi) is 5.51. The molecular formula is C26H26BrCl2N3O. The number of halogens is 3. The van der Waals surface area contributed by atoms with Crippen LogP contribution in [0.5, 0.6) is 0 Å². The van der Waals surface area contributed by atoms with Crippen LogP contribution in [0.4, 0.5) is 5.69 Å². The molecule has 0 aromatic heterocycles. The van der Waals surface area contributed by atoms with Gasteiger partial charge in [-0.2, -0.15) is 5.10 Å². The zero-order valence-corrected chi connectivity index (χ0v) is 21.3. The van der Waals surface area contributed by atoms with Crippen LogP contribution in [0.2, 0.25) is 10.0 Å². The number of hydrazone groups is 1. The van der Waals surface area contributed by atoms with Gasteiger partial charge in [0.25, 0.3) is 5.91 Å². The third kappa shape index (κ3) is 4.11. The van der Waals surface area contributed by atoms with Crippen LogP contribution in [0, 0.1) is 17.8 Å². The van der Waals surface area contributed by atoms with Crippen LogP contribution < -0.4 is 10.3 Å². The van der Waals surface area contributed by atoms with Gasteiger partial charge in [-0.25, -0.2) is 0 Å². The van der Waals surface area contributed by atoms with Gasteiger partial charge in [-0.3, -0.25) is 9.80 Å². The van der Waals surface area contributed by atoms with Gasteiger partial charge >= 0.3 is 0 Å². The highest BCUT2D eigenvalue weighted by Gasteiger charge is 2.52. The third-order valence-corrected chi connectivity index (χ3v) is 9.07. The largest absolute Gasteiger partial charge is 0.345 e. The summed E-state index contributed by atoms with van der Waals surface area (Å²) in [5.74, 6) is 2.32. The van der Waals surface area contributed by atoms with E-state index in [1.807, 2.05) is 29.3 Å². The minimum absolute atomic E-state index is 0.0216. The zero-order chi connectivity index (χ0) is 22.7. The summed E-state index contributed by atoms with van der Waals surface area (Å²) in [6.45, 7) is 0. The number of benzene rings is 2. The molecule has 0 radical (unpaired) electrons. The second kappa shape index (κ2) is 8.28. The Morgan fingerprint density at radius 2 is 1.64 bits per heavy atom. The average Bonchev–Trinajstić information content (AvgIpc) is 3.18. The Morgan fingerprint density at radius 1 is 1.00 bits per heavy atom. The molecule has 1 aliphatic heterocycles. The fourth-order valence-electron chi connectivity index (χ4n) is 7.06. The van der Waals surface area contributed by atoms with E-state index in [4.69, 9.17) is 28.3 Å². The number of hydrogen-bond donors (Lipinski definition) is 1. The SMILES string of the molecule is O=C(NC12CC3CC(CC(C3)C1)C2)C1=NN(c2ccc(Cl)cc2Cl)C(c2ccc(Br)cc2)C1. The molecule has 1 N–H and O–H groups in total. The summed E-state index contributed by atoms with van der Waals surface area (Å²) in [5, 5.41) is 11.3. The van der Waals surface area contributed by atoms with Crippen molar-refractivity contribution in [3.05, 3.63) is 62.5 Å². The van der Waals surface area contributed by atoms with E-state index < -0.39 is 0 Å². The molecule has 4 nitrogen and oxygen atoms in total. The van der Waals surface area contributed by atoms with E-state index in [-0.39, 0.29) is 17.5 Å². The Labute approximate surface area is 212 Å². The van der Waals surface area contributed by atoms with Crippen molar-refractivity contribution in [3.63, 3.8) is 0 Å². The highest BCUT2D eigenvalue weighted by molar-refractivity contribution is 9.10. The predicted molar refractivity (Wildman–Crippen MR) is 137 cm³/mol. The zero-order valence-electron chi connectivity index (χ0n) is 18.2. The number of nitrogens with one attached hydrogen (secondary N) is 1. The first-order valence-electron chi connectivity index (χ1n) is 11.8. The molecule has 33 heavy (non-hydrogen) atoms. The summed E-state index contributed by atoms with van der Waals surface area (Å²) < 4.78 is 1.01. The standard InChI is InChI=1S/C26H26BrCl2N3O/c27-19-3-1-18(2-4-19)24-11-22(31-32(24)23-6-5-20(28)10-21(23)29)25(33)30-26-12-15-7-16(13-26)9-17(8-15)14-26/h1-6,10,15-17,24H,7-9,11-14H2,(H,30,33). The van der Waals surface area contributed by atoms with Crippen molar-refractivity contribution < 1.29 is 4.79 Å². The van der Waals surface area contributed by atoms with Crippen LogP contribution in [0.25, 0.3) is 0 Å². The van der Waals surface area contributed by atoms with Crippen LogP contribution in [-0.4, -0.2) is 17.2 Å². The van der Waals surface area contributed by atoms with Gasteiger partial charge in [0.05, 0.1) is 16.8 Å². The molecule has 4 aliphatic carbocycles. The van der Waals surface area contributed by atoms with Crippen LogP contribution in [0.1, 0.15) is 56.6 Å². The van der Waals surface area contributed by atoms with Crippen LogP contribution >= 0.6 is 39.1 Å². The third-order valence-electron chi connectivity index (χ3n) is 8.00. The van der Waals surface area contributed by atoms with Crippen molar-refractivity contribution in [2.75, 3.05) is 5.01 Å². The van der Waals surface area contributed by atoms with Crippen LogP contribution in [0.15, 0.2) is 52.0 Å². The van der Waals surface area contributed by atoms with Gasteiger partial charge in [0.15, 0.2) is 0 Å². The minimum atomic E-state index is -0.103. The molecule has 1 atom stereocenters. The predicted octanol–water partition coefficient (Wildman–Crippen LogP) is 7.15. The monoisotopic (exact) mass is 545 g/mol. The number of hydrogen-bond acceptors (Lipinski definition) is 3. The number of nitrogens with zero attached hydrogens (tertiary/aromatic N) is 2. The van der Waals surface area contributed by atoms with E-state index in [1.54, 1.807) is 6.07 Å². The molecule has 2 aromatic rings. The highest BCUT2D eigenvalue weighted by Crippen LogP contribution is 2.55. The summed E-state index contributed by atoms with van der Waals surface area (Å²) in [7, 11) is 0. The lowest BCUT2D eigenvalue weighted by molar-refractivity contribution is -0.120. The first-order valence-corrected chi connectivity index (χ1v) is 13.3. The Hall–Kier alpha value is -1.56. The lowest BCUT2D eigenvalue weighted by Crippen LogP contribution is -2.60. The second-order valence-electron chi connectivity index (χ2n) is 10.4. The molecule has 1 unspecified atom stereocenters. The fraction of sp³-hybridized carbons (Fsp3) is 0.462. The lowest BCUT2D eigenvalue weighted by atomic mass is 9.53. The average molecular weight is 547 g/mol. The molecule has 0 spiro atoms. The Bertz CT molecular complexity index is 1100. The van der Waals surface area contributed by atoms with Gasteiger partial charge in [0, 0.05) is 21.5 Å². The molecule has 4 saturated carbocycles. The molecular weight excluding hydrogens is 521 g/mol. The van der Waals surface area contributed by atoms with E-state index in [9.17, 15) is 4.79 Å². The summed E-state index contributed by atoms with van der Waals surface area (Å²) in [6, 6.07) is 13.5. The normalized spacial score (nSPS) is 32.2. The van der Waals surface area contributed by atoms with Crippen LogP contribution in [0.3, 0.4) is 0 Å². The fourth-order valence-corrected chi connectivity index (χ4v) is 7.82. The van der Waals surface area contributed by atoms with Crippen molar-refractivity contribution in [3.8, 4) is 0 Å². The summed E-state index contributed by atoms with van der Waals surface area (Å²) in [6.07, 6.45) is 7.97. The summed E-state index contributed by atoms with van der Waals surface area (Å²) in [5.41, 5.74) is 2.38.